The molecule has 3 rings (SSSR count). The Morgan fingerprint density at radius 2 is 1.36 bits per heavy atom. The van der Waals surface area contributed by atoms with Crippen LogP contribution >= 0.6 is 0 Å². The lowest BCUT2D eigenvalue weighted by Crippen LogP contribution is -2.29. The molecule has 0 saturated heterocycles. The lowest BCUT2D eigenvalue weighted by atomic mass is 9.99. The maximum absolute atomic E-state index is 12.0. The van der Waals surface area contributed by atoms with Gasteiger partial charge in [-0.2, -0.15) is 9.97 Å². The first-order valence-electron chi connectivity index (χ1n) is 12.5. The van der Waals surface area contributed by atoms with Crippen molar-refractivity contribution in [2.24, 2.45) is 0 Å². The summed E-state index contributed by atoms with van der Waals surface area (Å²) < 4.78 is 10.9. The Kier molecular flexibility index (Phi) is 9.31. The zero-order chi connectivity index (χ0) is 26.2. The summed E-state index contributed by atoms with van der Waals surface area (Å²) in [5.74, 6) is 0.244. The number of ether oxygens (including phenoxy) is 2. The second-order valence-corrected chi connectivity index (χ2v) is 8.58. The average Bonchev–Trinajstić information content (AvgIpc) is 2.91. The zero-order valence-electron chi connectivity index (χ0n) is 21.8. The largest absolute Gasteiger partial charge is 0.420 e. The first-order valence-corrected chi connectivity index (χ1v) is 12.5. The van der Waals surface area contributed by atoms with Crippen molar-refractivity contribution >= 4 is 5.97 Å². The minimum atomic E-state index is -1.28. The lowest BCUT2D eigenvalue weighted by molar-refractivity contribution is -0.164. The topological polar surface area (TPSA) is 94.4 Å². The molecule has 1 N–H and O–H groups in total. The van der Waals surface area contributed by atoms with E-state index >= 15 is 0 Å². The number of carbonyl (C=O) groups is 1. The van der Waals surface area contributed by atoms with E-state index in [0.29, 0.717) is 11.6 Å². The Balaban J connectivity index is 2.15. The van der Waals surface area contributed by atoms with Gasteiger partial charge < -0.3 is 14.6 Å². The van der Waals surface area contributed by atoms with Crippen molar-refractivity contribution in [1.82, 2.24) is 15.0 Å². The van der Waals surface area contributed by atoms with Gasteiger partial charge in [-0.1, -0.05) is 70.7 Å². The fourth-order valence-corrected chi connectivity index (χ4v) is 3.84. The molecule has 0 bridgehead atoms. The molecule has 0 aliphatic rings. The van der Waals surface area contributed by atoms with E-state index < -0.39 is 18.9 Å². The summed E-state index contributed by atoms with van der Waals surface area (Å²) in [4.78, 5) is 25.9. The number of hydrogen-bond donors (Lipinski definition) is 1. The van der Waals surface area contributed by atoms with Crippen LogP contribution in [0.5, 0.6) is 6.01 Å². The van der Waals surface area contributed by atoms with E-state index in [4.69, 9.17) is 14.5 Å². The van der Waals surface area contributed by atoms with Crippen molar-refractivity contribution in [3.63, 3.8) is 0 Å². The highest BCUT2D eigenvalue weighted by Crippen LogP contribution is 2.29. The van der Waals surface area contributed by atoms with Gasteiger partial charge >= 0.3 is 12.0 Å². The summed E-state index contributed by atoms with van der Waals surface area (Å²) in [7, 11) is 0. The smallest absolute Gasteiger partial charge is 0.336 e. The zero-order valence-corrected chi connectivity index (χ0v) is 21.8. The lowest BCUT2D eigenvalue weighted by Gasteiger charge is -2.18. The van der Waals surface area contributed by atoms with Crippen molar-refractivity contribution in [1.29, 1.82) is 0 Å². The Hall–Kier alpha value is -3.58. The summed E-state index contributed by atoms with van der Waals surface area (Å²) >= 11 is 0. The van der Waals surface area contributed by atoms with Crippen LogP contribution in [0.4, 0.5) is 0 Å². The standard InChI is InChI=1S/C29H35N3O4/c1-7-19-11-13-23(21(9-3)15-19)26-30-27(24-14-12-20(8-2)16-22(24)10-4)32-29(31-26)36-25(17-33)35-28(34)18(5)6/h11-16,25,33H,5,7-10,17H2,1-4,6H3. The van der Waals surface area contributed by atoms with Crippen molar-refractivity contribution in [3.8, 4) is 28.8 Å². The first kappa shape index (κ1) is 27.0. The van der Waals surface area contributed by atoms with Crippen LogP contribution in [0, 0.1) is 0 Å². The van der Waals surface area contributed by atoms with Gasteiger partial charge in [-0.3, -0.25) is 0 Å². The summed E-state index contributed by atoms with van der Waals surface area (Å²) in [6.45, 7) is 13.0. The molecule has 0 aliphatic heterocycles. The molecule has 0 aliphatic carbocycles. The third-order valence-electron chi connectivity index (χ3n) is 5.99. The van der Waals surface area contributed by atoms with E-state index in [-0.39, 0.29) is 11.6 Å². The normalized spacial score (nSPS) is 11.7. The molecule has 0 fully saturated rings. The second kappa shape index (κ2) is 12.4. The van der Waals surface area contributed by atoms with Crippen molar-refractivity contribution in [2.75, 3.05) is 6.61 Å². The first-order chi connectivity index (χ1) is 17.3. The van der Waals surface area contributed by atoms with Crippen LogP contribution in [0.25, 0.3) is 22.8 Å². The number of aliphatic hydroxyl groups excluding tert-OH is 1. The van der Waals surface area contributed by atoms with E-state index in [2.05, 4.69) is 68.5 Å². The summed E-state index contributed by atoms with van der Waals surface area (Å²) in [6, 6.07) is 12.5. The van der Waals surface area contributed by atoms with Gasteiger partial charge in [0.2, 0.25) is 0 Å². The highest BCUT2D eigenvalue weighted by Gasteiger charge is 2.21. The van der Waals surface area contributed by atoms with Gasteiger partial charge in [0, 0.05) is 16.7 Å². The maximum atomic E-state index is 12.0. The Labute approximate surface area is 213 Å². The number of benzene rings is 2. The van der Waals surface area contributed by atoms with Crippen LogP contribution in [-0.2, 0) is 35.2 Å². The molecule has 1 aromatic heterocycles. The summed E-state index contributed by atoms with van der Waals surface area (Å²) in [5.41, 5.74) is 6.65. The van der Waals surface area contributed by atoms with Gasteiger partial charge in [-0.15, -0.1) is 0 Å². The Morgan fingerprint density at radius 1 is 0.861 bits per heavy atom. The number of aromatic nitrogens is 3. The molecular weight excluding hydrogens is 454 g/mol. The molecule has 0 saturated carbocycles. The predicted octanol–water partition coefficient (Wildman–Crippen LogP) is 5.27. The van der Waals surface area contributed by atoms with E-state index in [0.717, 1.165) is 47.9 Å². The van der Waals surface area contributed by atoms with E-state index in [1.54, 1.807) is 0 Å². The minimum Gasteiger partial charge on any atom is -0.420 e. The molecular formula is C29H35N3O4. The van der Waals surface area contributed by atoms with Gasteiger partial charge in [0.1, 0.15) is 6.61 Å². The van der Waals surface area contributed by atoms with Gasteiger partial charge in [0.05, 0.1) is 0 Å². The van der Waals surface area contributed by atoms with E-state index in [9.17, 15) is 9.90 Å². The highest BCUT2D eigenvalue weighted by molar-refractivity contribution is 5.87. The molecule has 190 valence electrons. The third-order valence-corrected chi connectivity index (χ3v) is 5.99. The number of nitrogens with zero attached hydrogens (tertiary/aromatic N) is 3. The van der Waals surface area contributed by atoms with Crippen LogP contribution in [0.1, 0.15) is 56.9 Å². The molecule has 0 spiro atoms. The number of aryl methyl sites for hydroxylation is 4. The van der Waals surface area contributed by atoms with Crippen molar-refractivity contribution in [3.05, 3.63) is 70.8 Å². The van der Waals surface area contributed by atoms with Crippen LogP contribution in [0.3, 0.4) is 0 Å². The molecule has 36 heavy (non-hydrogen) atoms. The third kappa shape index (κ3) is 6.34. The summed E-state index contributed by atoms with van der Waals surface area (Å²) in [6.07, 6.45) is 2.20. The van der Waals surface area contributed by atoms with Gasteiger partial charge in [0.25, 0.3) is 6.29 Å². The fourth-order valence-electron chi connectivity index (χ4n) is 3.84. The van der Waals surface area contributed by atoms with Crippen LogP contribution in [0.2, 0.25) is 0 Å². The van der Waals surface area contributed by atoms with Crippen molar-refractivity contribution < 1.29 is 19.4 Å². The quantitative estimate of drug-likeness (QED) is 0.223. The van der Waals surface area contributed by atoms with Crippen molar-refractivity contribution in [2.45, 2.75) is 66.6 Å². The van der Waals surface area contributed by atoms with Crippen LogP contribution in [0.15, 0.2) is 48.6 Å². The molecule has 0 amide bonds. The minimum absolute atomic E-state index is 0.0354. The monoisotopic (exact) mass is 489 g/mol. The molecule has 1 heterocycles. The van der Waals surface area contributed by atoms with E-state index in [1.165, 1.54) is 18.1 Å². The number of esters is 1. The molecule has 7 heteroatoms. The van der Waals surface area contributed by atoms with Crippen LogP contribution in [-0.4, -0.2) is 38.9 Å². The Morgan fingerprint density at radius 3 is 1.75 bits per heavy atom. The molecule has 3 aromatic rings. The second-order valence-electron chi connectivity index (χ2n) is 8.58. The van der Waals surface area contributed by atoms with Gasteiger partial charge in [0.15, 0.2) is 11.6 Å². The molecule has 2 aromatic carbocycles. The highest BCUT2D eigenvalue weighted by atomic mass is 16.7. The maximum Gasteiger partial charge on any atom is 0.336 e. The van der Waals surface area contributed by atoms with Gasteiger partial charge in [-0.25, -0.2) is 9.78 Å². The Bertz CT molecular complexity index is 1170. The number of rotatable bonds is 11. The molecule has 7 nitrogen and oxygen atoms in total. The fraction of sp³-hybridized carbons (Fsp3) is 0.379. The average molecular weight is 490 g/mol. The SMILES string of the molecule is C=C(C)C(=O)OC(CO)Oc1nc(-c2ccc(CC)cc2CC)nc(-c2ccc(CC)cc2CC)n1. The molecule has 1 atom stereocenters. The van der Waals surface area contributed by atoms with Crippen LogP contribution < -0.4 is 4.74 Å². The summed E-state index contributed by atoms with van der Waals surface area (Å²) in [5, 5.41) is 9.77. The molecule has 1 unspecified atom stereocenters. The number of aliphatic hydroxyl groups is 1. The van der Waals surface area contributed by atoms with E-state index in [1.807, 2.05) is 12.1 Å². The predicted molar refractivity (Wildman–Crippen MR) is 141 cm³/mol. The number of hydrogen-bond acceptors (Lipinski definition) is 7. The van der Waals surface area contributed by atoms with Gasteiger partial charge in [-0.05, 0) is 54.9 Å². The molecule has 0 radical (unpaired) electrons. The number of carbonyl (C=O) groups excluding carboxylic acids is 1.